The molecular formula is C21H22N2O3. The van der Waals surface area contributed by atoms with Gasteiger partial charge in [0.05, 0.1) is 13.2 Å². The molecular weight excluding hydrogens is 328 g/mol. The Morgan fingerprint density at radius 2 is 1.92 bits per heavy atom. The highest BCUT2D eigenvalue weighted by Gasteiger charge is 2.14. The summed E-state index contributed by atoms with van der Waals surface area (Å²) in [6.07, 6.45) is 1.44. The summed E-state index contributed by atoms with van der Waals surface area (Å²) in [4.78, 5) is 12.4. The van der Waals surface area contributed by atoms with Crippen molar-refractivity contribution in [1.29, 1.82) is 5.26 Å². The number of hydrogen-bond donors (Lipinski definition) is 1. The maximum Gasteiger partial charge on any atom is 0.262 e. The van der Waals surface area contributed by atoms with Crippen molar-refractivity contribution in [3.8, 4) is 17.6 Å². The van der Waals surface area contributed by atoms with Gasteiger partial charge in [-0.25, -0.2) is 0 Å². The van der Waals surface area contributed by atoms with E-state index in [1.807, 2.05) is 50.2 Å². The third-order valence-corrected chi connectivity index (χ3v) is 3.54. The van der Waals surface area contributed by atoms with E-state index < -0.39 is 5.91 Å². The first kappa shape index (κ1) is 19.1. The van der Waals surface area contributed by atoms with Crippen molar-refractivity contribution in [3.05, 3.63) is 65.2 Å². The van der Waals surface area contributed by atoms with Gasteiger partial charge in [0, 0.05) is 12.1 Å². The van der Waals surface area contributed by atoms with Gasteiger partial charge in [-0.05, 0) is 31.6 Å². The number of hydrogen-bond acceptors (Lipinski definition) is 4. The molecule has 0 aromatic heterocycles. The number of nitriles is 1. The van der Waals surface area contributed by atoms with Crippen LogP contribution in [0.4, 0.5) is 0 Å². The number of carbonyl (C=O) groups excluding carboxylic acids is 1. The van der Waals surface area contributed by atoms with Gasteiger partial charge in [-0.1, -0.05) is 42.5 Å². The second-order valence-electron chi connectivity index (χ2n) is 5.88. The van der Waals surface area contributed by atoms with Gasteiger partial charge >= 0.3 is 0 Å². The summed E-state index contributed by atoms with van der Waals surface area (Å²) in [7, 11) is 1.55. The highest BCUT2D eigenvalue weighted by atomic mass is 16.5. The van der Waals surface area contributed by atoms with Crippen LogP contribution in [-0.2, 0) is 11.3 Å². The van der Waals surface area contributed by atoms with Crippen LogP contribution in [0.5, 0.6) is 11.5 Å². The van der Waals surface area contributed by atoms with E-state index in [0.717, 1.165) is 5.56 Å². The minimum absolute atomic E-state index is 0.00258. The summed E-state index contributed by atoms with van der Waals surface area (Å²) in [6, 6.07) is 16.8. The largest absolute Gasteiger partial charge is 0.493 e. The highest BCUT2D eigenvalue weighted by Crippen LogP contribution is 2.33. The first-order chi connectivity index (χ1) is 12.5. The van der Waals surface area contributed by atoms with Crippen LogP contribution in [0.3, 0.4) is 0 Å². The lowest BCUT2D eigenvalue weighted by molar-refractivity contribution is -0.117. The van der Waals surface area contributed by atoms with Crippen molar-refractivity contribution < 1.29 is 14.3 Å². The summed E-state index contributed by atoms with van der Waals surface area (Å²) >= 11 is 0. The number of methoxy groups -OCH3 is 1. The maximum absolute atomic E-state index is 12.4. The molecule has 0 aliphatic carbocycles. The molecule has 0 saturated heterocycles. The smallest absolute Gasteiger partial charge is 0.262 e. The average Bonchev–Trinajstić information content (AvgIpc) is 2.65. The number of amides is 1. The van der Waals surface area contributed by atoms with E-state index in [1.165, 1.54) is 6.08 Å². The van der Waals surface area contributed by atoms with Crippen LogP contribution in [0.25, 0.3) is 6.08 Å². The fourth-order valence-corrected chi connectivity index (χ4v) is 2.35. The summed E-state index contributed by atoms with van der Waals surface area (Å²) in [6.45, 7) is 4.15. The summed E-state index contributed by atoms with van der Waals surface area (Å²) < 4.78 is 11.1. The molecule has 5 heteroatoms. The van der Waals surface area contributed by atoms with Crippen LogP contribution in [-0.4, -0.2) is 19.1 Å². The molecule has 1 amide bonds. The Morgan fingerprint density at radius 3 is 2.54 bits per heavy atom. The third-order valence-electron chi connectivity index (χ3n) is 3.54. The van der Waals surface area contributed by atoms with Crippen molar-refractivity contribution in [2.75, 3.05) is 7.11 Å². The lowest BCUT2D eigenvalue weighted by Gasteiger charge is -2.16. The minimum atomic E-state index is -0.435. The molecule has 0 aliphatic rings. The predicted octanol–water partition coefficient (Wildman–Crippen LogP) is 3.71. The minimum Gasteiger partial charge on any atom is -0.493 e. The zero-order valence-electron chi connectivity index (χ0n) is 15.2. The Hall–Kier alpha value is -3.26. The Bertz CT molecular complexity index is 821. The standard InChI is InChI=1S/C21H22N2O3/c1-15(2)26-20-17(10-7-11-19(20)25-3)12-18(13-22)21(24)23-14-16-8-5-4-6-9-16/h4-12,15H,14H2,1-3H3,(H,23,24)/b18-12+. The quantitative estimate of drug-likeness (QED) is 0.610. The average molecular weight is 350 g/mol. The zero-order valence-corrected chi connectivity index (χ0v) is 15.2. The number of ether oxygens (including phenoxy) is 2. The van der Waals surface area contributed by atoms with Crippen LogP contribution in [0.1, 0.15) is 25.0 Å². The predicted molar refractivity (Wildman–Crippen MR) is 101 cm³/mol. The van der Waals surface area contributed by atoms with E-state index in [0.29, 0.717) is 23.6 Å². The molecule has 0 radical (unpaired) electrons. The molecule has 0 saturated carbocycles. The third kappa shape index (κ3) is 5.12. The van der Waals surface area contributed by atoms with Crippen LogP contribution in [0.2, 0.25) is 0 Å². The number of para-hydroxylation sites is 1. The van der Waals surface area contributed by atoms with E-state index in [4.69, 9.17) is 9.47 Å². The molecule has 1 N–H and O–H groups in total. The molecule has 0 spiro atoms. The molecule has 2 rings (SSSR count). The molecule has 0 heterocycles. The first-order valence-corrected chi connectivity index (χ1v) is 8.32. The van der Waals surface area contributed by atoms with Crippen LogP contribution < -0.4 is 14.8 Å². The van der Waals surface area contributed by atoms with Crippen molar-refractivity contribution in [3.63, 3.8) is 0 Å². The van der Waals surface area contributed by atoms with Crippen molar-refractivity contribution >= 4 is 12.0 Å². The Labute approximate surface area is 153 Å². The van der Waals surface area contributed by atoms with E-state index in [9.17, 15) is 10.1 Å². The Morgan fingerprint density at radius 1 is 1.19 bits per heavy atom. The highest BCUT2D eigenvalue weighted by molar-refractivity contribution is 6.02. The van der Waals surface area contributed by atoms with Gasteiger partial charge < -0.3 is 14.8 Å². The molecule has 0 atom stereocenters. The molecule has 2 aromatic carbocycles. The van der Waals surface area contributed by atoms with Gasteiger partial charge in [0.15, 0.2) is 11.5 Å². The molecule has 0 aliphatic heterocycles. The molecule has 0 bridgehead atoms. The zero-order chi connectivity index (χ0) is 18.9. The molecule has 0 unspecified atom stereocenters. The van der Waals surface area contributed by atoms with Crippen LogP contribution in [0.15, 0.2) is 54.1 Å². The van der Waals surface area contributed by atoms with Gasteiger partial charge in [0.1, 0.15) is 11.6 Å². The normalized spacial score (nSPS) is 11.0. The number of nitrogens with zero attached hydrogens (tertiary/aromatic N) is 1. The second kappa shape index (κ2) is 9.28. The monoisotopic (exact) mass is 350 g/mol. The molecule has 2 aromatic rings. The Kier molecular flexibility index (Phi) is 6.81. The maximum atomic E-state index is 12.4. The number of nitrogens with one attached hydrogen (secondary N) is 1. The van der Waals surface area contributed by atoms with Crippen molar-refractivity contribution in [2.24, 2.45) is 0 Å². The van der Waals surface area contributed by atoms with Gasteiger partial charge in [0.2, 0.25) is 0 Å². The van der Waals surface area contributed by atoms with E-state index in [1.54, 1.807) is 25.3 Å². The van der Waals surface area contributed by atoms with Crippen LogP contribution in [0, 0.1) is 11.3 Å². The van der Waals surface area contributed by atoms with E-state index in [2.05, 4.69) is 5.32 Å². The molecule has 134 valence electrons. The lowest BCUT2D eigenvalue weighted by Crippen LogP contribution is -2.23. The number of benzene rings is 2. The molecule has 5 nitrogen and oxygen atoms in total. The van der Waals surface area contributed by atoms with Crippen LogP contribution >= 0.6 is 0 Å². The Balaban J connectivity index is 2.25. The topological polar surface area (TPSA) is 71.3 Å². The lowest BCUT2D eigenvalue weighted by atomic mass is 10.1. The molecule has 0 fully saturated rings. The fourth-order valence-electron chi connectivity index (χ4n) is 2.35. The van der Waals surface area contributed by atoms with Gasteiger partial charge in [-0.15, -0.1) is 0 Å². The first-order valence-electron chi connectivity index (χ1n) is 8.32. The van der Waals surface area contributed by atoms with Gasteiger partial charge in [0.25, 0.3) is 5.91 Å². The summed E-state index contributed by atoms with van der Waals surface area (Å²) in [5.41, 5.74) is 1.58. The second-order valence-corrected chi connectivity index (χ2v) is 5.88. The number of rotatable bonds is 7. The van der Waals surface area contributed by atoms with E-state index >= 15 is 0 Å². The SMILES string of the molecule is COc1cccc(/C=C(\C#N)C(=O)NCc2ccccc2)c1OC(C)C. The summed E-state index contributed by atoms with van der Waals surface area (Å²) in [5.74, 6) is 0.623. The van der Waals surface area contributed by atoms with Gasteiger partial charge in [-0.2, -0.15) is 5.26 Å². The fraction of sp³-hybridized carbons (Fsp3) is 0.238. The van der Waals surface area contributed by atoms with Crippen molar-refractivity contribution in [1.82, 2.24) is 5.32 Å². The molecule has 26 heavy (non-hydrogen) atoms. The number of carbonyl (C=O) groups is 1. The van der Waals surface area contributed by atoms with Gasteiger partial charge in [-0.3, -0.25) is 4.79 Å². The van der Waals surface area contributed by atoms with E-state index in [-0.39, 0.29) is 11.7 Å². The summed E-state index contributed by atoms with van der Waals surface area (Å²) in [5, 5.41) is 12.2. The van der Waals surface area contributed by atoms with Crippen molar-refractivity contribution in [2.45, 2.75) is 26.5 Å².